The number of allylic oxidation sites excluding steroid dienone is 1. The van der Waals surface area contributed by atoms with Gasteiger partial charge in [-0.3, -0.25) is 4.79 Å². The van der Waals surface area contributed by atoms with Crippen LogP contribution in [0.4, 0.5) is 0 Å². The molecular weight excluding hydrogens is 200 g/mol. The van der Waals surface area contributed by atoms with Crippen LogP contribution in [0.15, 0.2) is 17.4 Å². The molecule has 0 saturated heterocycles. The molecule has 0 aliphatic rings. The largest absolute Gasteiger partial charge is 0.464 e. The summed E-state index contributed by atoms with van der Waals surface area (Å²) in [4.78, 5) is 28.5. The average Bonchev–Trinajstić information content (AvgIpc) is 2.21. The van der Waals surface area contributed by atoms with E-state index < -0.39 is 17.5 Å². The summed E-state index contributed by atoms with van der Waals surface area (Å²) in [6.45, 7) is 0. The molecule has 0 aromatic rings. The highest BCUT2D eigenvalue weighted by Crippen LogP contribution is 1.91. The summed E-state index contributed by atoms with van der Waals surface area (Å²) in [6.07, 6.45) is 2.70. The number of esters is 1. The van der Waals surface area contributed by atoms with Gasteiger partial charge in [-0.2, -0.15) is 0 Å². The van der Waals surface area contributed by atoms with E-state index >= 15 is 0 Å². The standard InChI is InChI=1S/C9H14N2O4/c1-11(2)6-5-7(12)8(10-15-4)9(13)14-3/h5-6H,1-4H3. The zero-order chi connectivity index (χ0) is 11.8. The van der Waals surface area contributed by atoms with Gasteiger partial charge in [0.25, 0.3) is 0 Å². The fourth-order valence-electron chi connectivity index (χ4n) is 0.667. The van der Waals surface area contributed by atoms with Crippen LogP contribution in [0.2, 0.25) is 0 Å². The Bertz CT molecular complexity index is 294. The van der Waals surface area contributed by atoms with Gasteiger partial charge in [-0.15, -0.1) is 0 Å². The van der Waals surface area contributed by atoms with Crippen molar-refractivity contribution in [2.45, 2.75) is 0 Å². The molecule has 0 heterocycles. The highest BCUT2D eigenvalue weighted by molar-refractivity contribution is 6.66. The molecule has 0 amide bonds. The molecule has 0 spiro atoms. The van der Waals surface area contributed by atoms with Crippen molar-refractivity contribution in [3.05, 3.63) is 12.3 Å². The molecule has 0 bridgehead atoms. The van der Waals surface area contributed by atoms with Crippen LogP contribution in [-0.4, -0.2) is 50.7 Å². The molecule has 84 valence electrons. The lowest BCUT2D eigenvalue weighted by Gasteiger charge is -2.03. The lowest BCUT2D eigenvalue weighted by atomic mass is 10.2. The number of methoxy groups -OCH3 is 1. The molecule has 0 aliphatic heterocycles. The molecule has 15 heavy (non-hydrogen) atoms. The summed E-state index contributed by atoms with van der Waals surface area (Å²) >= 11 is 0. The maximum atomic E-state index is 11.4. The Morgan fingerprint density at radius 3 is 2.27 bits per heavy atom. The molecule has 0 rings (SSSR count). The van der Waals surface area contributed by atoms with Crippen LogP contribution in [0.3, 0.4) is 0 Å². The predicted molar refractivity (Wildman–Crippen MR) is 54.3 cm³/mol. The number of nitrogens with zero attached hydrogens (tertiary/aromatic N) is 2. The Morgan fingerprint density at radius 1 is 1.27 bits per heavy atom. The third-order valence-electron chi connectivity index (χ3n) is 1.32. The SMILES string of the molecule is CON=C(C(=O)C=CN(C)C)C(=O)OC. The van der Waals surface area contributed by atoms with Gasteiger partial charge in [0.05, 0.1) is 7.11 Å². The third-order valence-corrected chi connectivity index (χ3v) is 1.32. The minimum Gasteiger partial charge on any atom is -0.464 e. The normalized spacial score (nSPS) is 11.3. The number of hydrogen-bond acceptors (Lipinski definition) is 6. The second kappa shape index (κ2) is 6.58. The van der Waals surface area contributed by atoms with Crippen LogP contribution in [0.5, 0.6) is 0 Å². The minimum atomic E-state index is -0.828. The van der Waals surface area contributed by atoms with Crippen molar-refractivity contribution >= 4 is 17.5 Å². The van der Waals surface area contributed by atoms with Gasteiger partial charge in [0.15, 0.2) is 0 Å². The highest BCUT2D eigenvalue weighted by Gasteiger charge is 2.19. The Balaban J connectivity index is 4.73. The molecule has 0 aromatic carbocycles. The van der Waals surface area contributed by atoms with E-state index in [9.17, 15) is 9.59 Å². The average molecular weight is 214 g/mol. The molecule has 0 fully saturated rings. The van der Waals surface area contributed by atoms with Gasteiger partial charge in [-0.05, 0) is 0 Å². The van der Waals surface area contributed by atoms with Crippen molar-refractivity contribution in [2.75, 3.05) is 28.3 Å². The van der Waals surface area contributed by atoms with Gasteiger partial charge >= 0.3 is 5.97 Å². The van der Waals surface area contributed by atoms with Crippen molar-refractivity contribution in [3.8, 4) is 0 Å². The van der Waals surface area contributed by atoms with Gasteiger partial charge in [0.2, 0.25) is 11.5 Å². The zero-order valence-electron chi connectivity index (χ0n) is 9.18. The molecule has 0 unspecified atom stereocenters. The van der Waals surface area contributed by atoms with Gasteiger partial charge < -0.3 is 14.5 Å². The van der Waals surface area contributed by atoms with Gasteiger partial charge in [-0.25, -0.2) is 4.79 Å². The highest BCUT2D eigenvalue weighted by atomic mass is 16.6. The molecule has 0 aliphatic carbocycles. The first-order valence-electron chi connectivity index (χ1n) is 4.11. The van der Waals surface area contributed by atoms with Crippen LogP contribution < -0.4 is 0 Å². The van der Waals surface area contributed by atoms with Crippen molar-refractivity contribution < 1.29 is 19.2 Å². The number of ether oxygens (including phenoxy) is 1. The third kappa shape index (κ3) is 4.80. The number of oxime groups is 1. The van der Waals surface area contributed by atoms with Crippen molar-refractivity contribution in [1.29, 1.82) is 0 Å². The van der Waals surface area contributed by atoms with Crippen LogP contribution in [0.1, 0.15) is 0 Å². The van der Waals surface area contributed by atoms with Crippen LogP contribution in [0.25, 0.3) is 0 Å². The lowest BCUT2D eigenvalue weighted by Crippen LogP contribution is -2.24. The lowest BCUT2D eigenvalue weighted by molar-refractivity contribution is -0.133. The van der Waals surface area contributed by atoms with E-state index in [1.54, 1.807) is 19.0 Å². The smallest absolute Gasteiger partial charge is 0.364 e. The van der Waals surface area contributed by atoms with E-state index in [0.29, 0.717) is 0 Å². The van der Waals surface area contributed by atoms with E-state index in [0.717, 1.165) is 7.11 Å². The predicted octanol–water partition coefficient (Wildman–Crippen LogP) is -0.194. The van der Waals surface area contributed by atoms with Gasteiger partial charge in [0.1, 0.15) is 7.11 Å². The Hall–Kier alpha value is -1.85. The molecule has 0 saturated carbocycles. The van der Waals surface area contributed by atoms with E-state index in [4.69, 9.17) is 0 Å². The number of carbonyl (C=O) groups excluding carboxylic acids is 2. The monoisotopic (exact) mass is 214 g/mol. The Kier molecular flexibility index (Phi) is 5.77. The van der Waals surface area contributed by atoms with E-state index in [1.165, 1.54) is 19.4 Å². The summed E-state index contributed by atoms with van der Waals surface area (Å²) in [5.74, 6) is -1.40. The summed E-state index contributed by atoms with van der Waals surface area (Å²) in [5, 5.41) is 3.30. The Morgan fingerprint density at radius 2 is 1.87 bits per heavy atom. The molecule has 0 atom stereocenters. The fraction of sp³-hybridized carbons (Fsp3) is 0.444. The molecular formula is C9H14N2O4. The molecule has 0 radical (unpaired) electrons. The number of carbonyl (C=O) groups is 2. The molecule has 0 N–H and O–H groups in total. The fourth-order valence-corrected chi connectivity index (χ4v) is 0.667. The first-order chi connectivity index (χ1) is 7.02. The zero-order valence-corrected chi connectivity index (χ0v) is 9.18. The Labute approximate surface area is 88.1 Å². The van der Waals surface area contributed by atoms with Gasteiger partial charge in [0, 0.05) is 26.4 Å². The summed E-state index contributed by atoms with van der Waals surface area (Å²) in [5.41, 5.74) is -0.391. The number of hydrogen-bond donors (Lipinski definition) is 0. The number of ketones is 1. The molecule has 6 heteroatoms. The quantitative estimate of drug-likeness (QED) is 0.208. The van der Waals surface area contributed by atoms with Gasteiger partial charge in [-0.1, -0.05) is 5.16 Å². The summed E-state index contributed by atoms with van der Waals surface area (Å²) in [7, 11) is 5.90. The van der Waals surface area contributed by atoms with Crippen molar-refractivity contribution in [1.82, 2.24) is 4.90 Å². The maximum Gasteiger partial charge on any atom is 0.364 e. The molecule has 0 aromatic heterocycles. The van der Waals surface area contributed by atoms with Crippen molar-refractivity contribution in [2.24, 2.45) is 5.16 Å². The minimum absolute atomic E-state index is 0.391. The topological polar surface area (TPSA) is 68.2 Å². The van der Waals surface area contributed by atoms with Crippen LogP contribution >= 0.6 is 0 Å². The summed E-state index contributed by atoms with van der Waals surface area (Å²) in [6, 6.07) is 0. The van der Waals surface area contributed by atoms with Crippen LogP contribution in [-0.2, 0) is 19.2 Å². The van der Waals surface area contributed by atoms with Crippen molar-refractivity contribution in [3.63, 3.8) is 0 Å². The summed E-state index contributed by atoms with van der Waals surface area (Å²) < 4.78 is 4.37. The maximum absolute atomic E-state index is 11.4. The molecule has 6 nitrogen and oxygen atoms in total. The van der Waals surface area contributed by atoms with E-state index in [2.05, 4.69) is 14.7 Å². The second-order valence-corrected chi connectivity index (χ2v) is 2.76. The van der Waals surface area contributed by atoms with E-state index in [-0.39, 0.29) is 0 Å². The van der Waals surface area contributed by atoms with E-state index in [1.807, 2.05) is 0 Å². The first kappa shape index (κ1) is 13.2. The number of rotatable bonds is 5. The second-order valence-electron chi connectivity index (χ2n) is 2.76. The van der Waals surface area contributed by atoms with Crippen LogP contribution in [0, 0.1) is 0 Å². The first-order valence-corrected chi connectivity index (χ1v) is 4.11.